The van der Waals surface area contributed by atoms with Crippen LogP contribution in [-0.4, -0.2) is 193 Å². The lowest BCUT2D eigenvalue weighted by Gasteiger charge is -2.47. The highest BCUT2D eigenvalue weighted by Crippen LogP contribution is 2.47. The van der Waals surface area contributed by atoms with Crippen molar-refractivity contribution in [3.05, 3.63) is 94.7 Å². The molecule has 2 aromatic carbocycles. The fraction of sp³-hybridized carbons (Fsp3) is 0.583. The van der Waals surface area contributed by atoms with E-state index in [1.54, 1.807) is 36.7 Å². The average Bonchev–Trinajstić information content (AvgIpc) is 0.934. The summed E-state index contributed by atoms with van der Waals surface area (Å²) in [6.07, 6.45) is -8.68. The Morgan fingerprint density at radius 2 is 1.43 bits per heavy atom. The number of methoxy groups -OCH3 is 2. The number of nitrogens with one attached hydrogen (secondary N) is 4. The summed E-state index contributed by atoms with van der Waals surface area (Å²) in [5.74, 6) is 3.35. The van der Waals surface area contributed by atoms with Crippen molar-refractivity contribution < 1.29 is 82.4 Å². The zero-order valence-electron chi connectivity index (χ0n) is 50.4. The number of anilines is 1. The van der Waals surface area contributed by atoms with Crippen LogP contribution in [0.2, 0.25) is 0 Å². The van der Waals surface area contributed by atoms with Gasteiger partial charge in [-0.15, -0.1) is 0 Å². The second-order valence-corrected chi connectivity index (χ2v) is 24.1. The number of hydrogen-bond acceptors (Lipinski definition) is 17. The van der Waals surface area contributed by atoms with Crippen LogP contribution in [0.4, 0.5) is 55.1 Å². The van der Waals surface area contributed by atoms with Crippen LogP contribution in [0.1, 0.15) is 93.8 Å². The molecule has 3 unspecified atom stereocenters. The summed E-state index contributed by atoms with van der Waals surface area (Å²) in [5.41, 5.74) is -2.36. The number of hydrazine groups is 1. The number of nitrogens with zero attached hydrogens (tertiary/aromatic N) is 8. The van der Waals surface area contributed by atoms with Gasteiger partial charge in [0.2, 0.25) is 11.9 Å². The highest BCUT2D eigenvalue weighted by atomic mass is 19.4. The third-order valence-electron chi connectivity index (χ3n) is 17.5. The lowest BCUT2D eigenvalue weighted by molar-refractivity contribution is -0.225. The number of amides is 3. The molecule has 0 saturated carbocycles. The van der Waals surface area contributed by atoms with E-state index in [0.717, 1.165) is 85.5 Å². The van der Waals surface area contributed by atoms with Crippen LogP contribution in [0.5, 0.6) is 0 Å². The number of alkyl carbamates (subject to hydrolysis) is 2. The fourth-order valence-electron chi connectivity index (χ4n) is 11.9. The minimum absolute atomic E-state index is 0.136. The Morgan fingerprint density at radius 3 is 2.02 bits per heavy atom. The maximum atomic E-state index is 17.0. The van der Waals surface area contributed by atoms with Gasteiger partial charge in [-0.05, 0) is 101 Å². The topological polar surface area (TPSA) is 219 Å². The molecule has 490 valence electrons. The van der Waals surface area contributed by atoms with E-state index in [9.17, 15) is 41.1 Å². The third-order valence-corrected chi connectivity index (χ3v) is 17.5. The van der Waals surface area contributed by atoms with Gasteiger partial charge in [0.15, 0.2) is 0 Å². The summed E-state index contributed by atoms with van der Waals surface area (Å²) >= 11 is 0. The van der Waals surface area contributed by atoms with Crippen LogP contribution >= 0.6 is 0 Å². The maximum absolute atomic E-state index is 17.0. The van der Waals surface area contributed by atoms with E-state index in [4.69, 9.17) is 18.9 Å². The zero-order chi connectivity index (χ0) is 64.9. The quantitative estimate of drug-likeness (QED) is 0.0284. The van der Waals surface area contributed by atoms with E-state index in [0.29, 0.717) is 87.5 Å². The number of carbonyl (C=O) groups is 4. The number of ether oxygens (including phenoxy) is 5. The van der Waals surface area contributed by atoms with Crippen LogP contribution < -0.4 is 26.3 Å². The summed E-state index contributed by atoms with van der Waals surface area (Å²) in [6.45, 7) is 4.08. The number of carbonyl (C=O) groups excluding carboxylic acids is 4. The van der Waals surface area contributed by atoms with Crippen LogP contribution in [0.25, 0.3) is 11.3 Å². The van der Waals surface area contributed by atoms with Crippen molar-refractivity contribution in [1.29, 1.82) is 0 Å². The van der Waals surface area contributed by atoms with Gasteiger partial charge in [0.05, 0.1) is 93.4 Å². The summed E-state index contributed by atoms with van der Waals surface area (Å²) in [4.78, 5) is 70.9. The minimum atomic E-state index is -5.14. The van der Waals surface area contributed by atoms with Crippen molar-refractivity contribution in [1.82, 2.24) is 55.9 Å². The van der Waals surface area contributed by atoms with Crippen molar-refractivity contribution in [2.75, 3.05) is 84.8 Å². The first-order valence-electron chi connectivity index (χ1n) is 29.5. The molecule has 3 amide bonds. The van der Waals surface area contributed by atoms with E-state index >= 15 is 17.6 Å². The Hall–Kier alpha value is -7.30. The van der Waals surface area contributed by atoms with E-state index in [-0.39, 0.29) is 46.3 Å². The highest BCUT2D eigenvalue weighted by Gasteiger charge is 2.58. The molecule has 0 aliphatic carbocycles. The number of morpholine rings is 1. The van der Waals surface area contributed by atoms with Gasteiger partial charge in [0.1, 0.15) is 18.0 Å². The normalized spacial score (nSPS) is 20.8. The van der Waals surface area contributed by atoms with Gasteiger partial charge < -0.3 is 44.5 Å². The molecule has 4 fully saturated rings. The Balaban J connectivity index is 1.06. The van der Waals surface area contributed by atoms with E-state index in [1.165, 1.54) is 11.1 Å². The summed E-state index contributed by atoms with van der Waals surface area (Å²) in [6, 6.07) is 3.09. The number of alkyl halides is 8. The summed E-state index contributed by atoms with van der Waals surface area (Å²) in [7, 11) is 1.78. The number of halogens is 9. The third kappa shape index (κ3) is 15.5. The minimum Gasteiger partial charge on any atom is -0.459 e. The van der Waals surface area contributed by atoms with Gasteiger partial charge >= 0.3 is 37.1 Å². The van der Waals surface area contributed by atoms with Gasteiger partial charge in [-0.25, -0.2) is 39.1 Å². The molecule has 2 bridgehead atoms. The highest BCUT2D eigenvalue weighted by molar-refractivity contribution is 5.87. The summed E-state index contributed by atoms with van der Waals surface area (Å²) < 4.78 is 162. The SMILES string of the molecule is COC(=O)N[C@H](C(=O)N[C@@H](Cc1ccc(C#Cc2cnc(N3CC4CCC(C3)N4C3COC3)nc2)cc1)[C@H](CN1Cc2c(F)cc(-c3ccn(C(F)F)n3)cc2C([C@@H](NC(=O)OC)C(C)(C)C(F)(F)F)N1)OC(=O)CCCN1CCOCC1)C(C)(C)C(F)(F)F. The molecule has 21 nitrogen and oxygen atoms in total. The number of hydrogen-bond donors (Lipinski definition) is 4. The Bertz CT molecular complexity index is 3210. The number of aromatic nitrogens is 4. The molecule has 0 radical (unpaired) electrons. The molecule has 9 rings (SSSR count). The first-order chi connectivity index (χ1) is 42.6. The molecule has 4 N–H and O–H groups in total. The Labute approximate surface area is 513 Å². The van der Waals surface area contributed by atoms with Gasteiger partial charge in [0.25, 0.3) is 0 Å². The molecule has 7 heterocycles. The predicted molar refractivity (Wildman–Crippen MR) is 305 cm³/mol. The number of rotatable bonds is 21. The van der Waals surface area contributed by atoms with Crippen LogP contribution in [0.15, 0.2) is 61.1 Å². The van der Waals surface area contributed by atoms with Crippen LogP contribution in [0, 0.1) is 28.5 Å². The Morgan fingerprint density at radius 1 is 0.800 bits per heavy atom. The van der Waals surface area contributed by atoms with Gasteiger partial charge in [-0.2, -0.15) is 40.2 Å². The second kappa shape index (κ2) is 28.1. The molecule has 2 aromatic heterocycles. The first-order valence-corrected chi connectivity index (χ1v) is 29.5. The Kier molecular flexibility index (Phi) is 20.9. The van der Waals surface area contributed by atoms with Gasteiger partial charge in [0, 0.05) is 86.5 Å². The fourth-order valence-corrected chi connectivity index (χ4v) is 11.9. The maximum Gasteiger partial charge on any atom is 0.407 e. The van der Waals surface area contributed by atoms with E-state index < -0.39 is 103 Å². The standard InChI is InChI=1S/C60H73F9N12O9/c1-57(2,59(64,65)66)50(73-55(84)86-5)49-42-25-38(45-17-19-80(75-45)53(62)63)26-44(61)43(42)31-79(76-49)32-47(90-48(82)8-7-18-77-20-22-88-23-21-77)46(72-52(83)51(74-56(85)87-6)58(3,4)60(67,68)69)24-36-12-9-35(10-13-36)11-14-37-27-70-54(71-28-37)78-29-39-15-16-40(30-78)81(39)41-33-89-34-41/h9-10,12-13,17,19,25-28,39-41,46-47,49-51,53,76H,7-8,15-16,18,20-24,29-34H2,1-6H3,(H,72,83)(H,73,84)(H,74,85)/t39?,40?,46-,47-,49?,50+,51+/m0/s1. The molecule has 0 spiro atoms. The molecule has 90 heavy (non-hydrogen) atoms. The second-order valence-electron chi connectivity index (χ2n) is 24.1. The predicted octanol–water partition coefficient (Wildman–Crippen LogP) is 7.07. The van der Waals surface area contributed by atoms with Gasteiger partial charge in [-0.1, -0.05) is 24.0 Å². The van der Waals surface area contributed by atoms with E-state index in [1.807, 2.05) is 10.2 Å². The molecule has 7 atom stereocenters. The average molecular weight is 1280 g/mol. The van der Waals surface area contributed by atoms with Gasteiger partial charge in [-0.3, -0.25) is 19.4 Å². The lowest BCUT2D eigenvalue weighted by Crippen LogP contribution is -2.64. The lowest BCUT2D eigenvalue weighted by atomic mass is 9.76. The first kappa shape index (κ1) is 67.1. The van der Waals surface area contributed by atoms with Crippen molar-refractivity contribution in [2.24, 2.45) is 10.8 Å². The smallest absolute Gasteiger partial charge is 0.407 e. The van der Waals surface area contributed by atoms with E-state index in [2.05, 4.69) is 57.5 Å². The number of fused-ring (bicyclic) bond motifs is 3. The monoisotopic (exact) mass is 1280 g/mol. The number of esters is 1. The molecule has 4 saturated heterocycles. The molecule has 4 aromatic rings. The molecular formula is C60H73F9N12O9. The van der Waals surface area contributed by atoms with Crippen LogP contribution in [-0.2, 0) is 46.2 Å². The summed E-state index contributed by atoms with van der Waals surface area (Å²) in [5, 5.41) is 11.8. The van der Waals surface area contributed by atoms with Crippen molar-refractivity contribution >= 4 is 30.0 Å². The van der Waals surface area contributed by atoms with Crippen molar-refractivity contribution in [3.8, 4) is 23.1 Å². The largest absolute Gasteiger partial charge is 0.459 e. The molecular weight excluding hydrogens is 1200 g/mol. The number of piperazine rings is 1. The molecule has 5 aliphatic rings. The van der Waals surface area contributed by atoms with Crippen LogP contribution in [0.3, 0.4) is 0 Å². The zero-order valence-corrected chi connectivity index (χ0v) is 50.4. The van der Waals surface area contributed by atoms with Crippen molar-refractivity contribution in [3.63, 3.8) is 0 Å². The molecule has 5 aliphatic heterocycles. The van der Waals surface area contributed by atoms with Crippen molar-refractivity contribution in [2.45, 2.75) is 134 Å². The molecule has 30 heteroatoms. The number of benzene rings is 2.